The minimum absolute atomic E-state index is 0.0686. The normalized spacial score (nSPS) is 12.5. The second-order valence-electron chi connectivity index (χ2n) is 5.58. The smallest absolute Gasteiger partial charge is 0.328 e. The Morgan fingerprint density at radius 3 is 2.75 bits per heavy atom. The molecule has 0 amide bonds. The van der Waals surface area contributed by atoms with Gasteiger partial charge >= 0.3 is 5.97 Å². The number of hydrogen-bond acceptors (Lipinski definition) is 4. The van der Waals surface area contributed by atoms with Gasteiger partial charge in [0.1, 0.15) is 11.9 Å². The number of nitrogens with zero attached hydrogens (tertiary/aromatic N) is 1. The molecule has 0 saturated heterocycles. The van der Waals surface area contributed by atoms with Gasteiger partial charge in [-0.15, -0.1) is 0 Å². The van der Waals surface area contributed by atoms with Crippen molar-refractivity contribution in [3.05, 3.63) is 48.0 Å². The van der Waals surface area contributed by atoms with E-state index in [0.29, 0.717) is 25.9 Å². The average molecular weight is 326 g/mol. The molecule has 1 atom stereocenters. The summed E-state index contributed by atoms with van der Waals surface area (Å²) >= 11 is 0. The molecule has 0 saturated carbocycles. The van der Waals surface area contributed by atoms with Crippen LogP contribution in [0.25, 0.3) is 10.8 Å². The van der Waals surface area contributed by atoms with Gasteiger partial charge < -0.3 is 16.2 Å². The van der Waals surface area contributed by atoms with Crippen LogP contribution in [0.4, 0.5) is 0 Å². The Morgan fingerprint density at radius 1 is 1.29 bits per heavy atom. The fourth-order valence-corrected chi connectivity index (χ4v) is 2.37. The molecule has 2 aromatic carbocycles. The molecule has 126 valence electrons. The van der Waals surface area contributed by atoms with Gasteiger partial charge in [0.05, 0.1) is 6.54 Å². The van der Waals surface area contributed by atoms with E-state index in [2.05, 4.69) is 10.3 Å². The highest BCUT2D eigenvalue weighted by Crippen LogP contribution is 2.15. The van der Waals surface area contributed by atoms with Crippen LogP contribution >= 0.6 is 0 Å². The monoisotopic (exact) mass is 326 g/mol. The summed E-state index contributed by atoms with van der Waals surface area (Å²) in [7, 11) is 0. The van der Waals surface area contributed by atoms with E-state index >= 15 is 0 Å². The maximum absolute atomic E-state index is 11.3. The predicted octanol–water partition coefficient (Wildman–Crippen LogP) is 2.02. The first kappa shape index (κ1) is 17.6. The quantitative estimate of drug-likeness (QED) is 0.321. The van der Waals surface area contributed by atoms with Gasteiger partial charge in [-0.3, -0.25) is 10.4 Å². The average Bonchev–Trinajstić information content (AvgIpc) is 2.56. The Balaban J connectivity index is 1.94. The molecule has 24 heavy (non-hydrogen) atoms. The number of fused-ring (bicyclic) bond motifs is 1. The van der Waals surface area contributed by atoms with Crippen molar-refractivity contribution in [3.63, 3.8) is 0 Å². The first-order valence-corrected chi connectivity index (χ1v) is 7.84. The third-order valence-corrected chi connectivity index (χ3v) is 3.61. The molecule has 0 radical (unpaired) electrons. The number of aliphatic imine (C=N–C) groups is 1. The van der Waals surface area contributed by atoms with Gasteiger partial charge in [0.25, 0.3) is 0 Å². The molecule has 0 aliphatic carbocycles. The summed E-state index contributed by atoms with van der Waals surface area (Å²) in [4.78, 5) is 15.5. The van der Waals surface area contributed by atoms with Crippen LogP contribution in [0.2, 0.25) is 0 Å². The Kier molecular flexibility index (Phi) is 6.45. The zero-order valence-corrected chi connectivity index (χ0v) is 13.4. The molecule has 0 aromatic heterocycles. The van der Waals surface area contributed by atoms with Crippen LogP contribution in [0.5, 0.6) is 0 Å². The summed E-state index contributed by atoms with van der Waals surface area (Å²) in [6.45, 7) is 0.924. The zero-order chi connectivity index (χ0) is 17.4. The van der Waals surface area contributed by atoms with Crippen LogP contribution < -0.4 is 11.1 Å². The lowest BCUT2D eigenvalue weighted by molar-refractivity contribution is -0.138. The fourth-order valence-electron chi connectivity index (χ4n) is 2.37. The number of carbonyl (C=O) groups is 1. The SMILES string of the molecule is N=C(N)CNCCC[C@H](N=Cc1ccc2ccccc2c1)C(=O)O. The summed E-state index contributed by atoms with van der Waals surface area (Å²) < 4.78 is 0. The highest BCUT2D eigenvalue weighted by atomic mass is 16.4. The number of aliphatic carboxylic acids is 1. The topological polar surface area (TPSA) is 112 Å². The highest BCUT2D eigenvalue weighted by molar-refractivity contribution is 5.91. The second-order valence-corrected chi connectivity index (χ2v) is 5.58. The van der Waals surface area contributed by atoms with Crippen molar-refractivity contribution in [2.24, 2.45) is 10.7 Å². The van der Waals surface area contributed by atoms with Crippen LogP contribution in [0.3, 0.4) is 0 Å². The molecule has 0 aliphatic rings. The van der Waals surface area contributed by atoms with Crippen molar-refractivity contribution >= 4 is 28.8 Å². The maximum atomic E-state index is 11.3. The molecule has 0 spiro atoms. The number of nitrogens with two attached hydrogens (primary N) is 1. The molecular formula is C18H22N4O2. The van der Waals surface area contributed by atoms with Gasteiger partial charge in [0.15, 0.2) is 0 Å². The number of rotatable bonds is 9. The fraction of sp³-hybridized carbons (Fsp3) is 0.278. The molecule has 6 heteroatoms. The summed E-state index contributed by atoms with van der Waals surface area (Å²) in [5, 5.41) is 21.6. The van der Waals surface area contributed by atoms with Gasteiger partial charge in [-0.05, 0) is 41.8 Å². The van der Waals surface area contributed by atoms with E-state index in [0.717, 1.165) is 16.3 Å². The van der Waals surface area contributed by atoms with Gasteiger partial charge in [0.2, 0.25) is 0 Å². The zero-order valence-electron chi connectivity index (χ0n) is 13.4. The summed E-state index contributed by atoms with van der Waals surface area (Å²) in [5.41, 5.74) is 6.12. The van der Waals surface area contributed by atoms with E-state index in [-0.39, 0.29) is 5.84 Å². The molecular weight excluding hydrogens is 304 g/mol. The second kappa shape index (κ2) is 8.79. The first-order chi connectivity index (χ1) is 11.6. The molecule has 0 unspecified atom stereocenters. The van der Waals surface area contributed by atoms with E-state index in [1.807, 2.05) is 42.5 Å². The molecule has 0 bridgehead atoms. The van der Waals surface area contributed by atoms with E-state index in [4.69, 9.17) is 11.1 Å². The molecule has 0 fully saturated rings. The standard InChI is InChI=1S/C18H22N4O2/c19-17(20)12-21-9-3-6-16(18(23)24)22-11-13-7-8-14-4-1-2-5-15(14)10-13/h1-2,4-5,7-8,10-11,16,21H,3,6,9,12H2,(H3,19,20)(H,23,24)/t16-/m0/s1. The van der Waals surface area contributed by atoms with E-state index in [1.54, 1.807) is 6.21 Å². The van der Waals surface area contributed by atoms with Crippen molar-refractivity contribution in [1.82, 2.24) is 5.32 Å². The van der Waals surface area contributed by atoms with E-state index < -0.39 is 12.0 Å². The van der Waals surface area contributed by atoms with Crippen LogP contribution in [0.15, 0.2) is 47.5 Å². The van der Waals surface area contributed by atoms with Crippen molar-refractivity contribution in [1.29, 1.82) is 5.41 Å². The van der Waals surface area contributed by atoms with Crippen LogP contribution in [0, 0.1) is 5.41 Å². The van der Waals surface area contributed by atoms with Gasteiger partial charge in [0, 0.05) is 6.21 Å². The lowest BCUT2D eigenvalue weighted by atomic mass is 10.1. The van der Waals surface area contributed by atoms with Gasteiger partial charge in [-0.25, -0.2) is 4.79 Å². The van der Waals surface area contributed by atoms with Crippen molar-refractivity contribution < 1.29 is 9.90 Å². The van der Waals surface area contributed by atoms with Crippen LogP contribution in [-0.4, -0.2) is 42.3 Å². The molecule has 6 nitrogen and oxygen atoms in total. The number of carboxylic acids is 1. The van der Waals surface area contributed by atoms with Crippen LogP contribution in [0.1, 0.15) is 18.4 Å². The highest BCUT2D eigenvalue weighted by Gasteiger charge is 2.14. The number of amidine groups is 1. The number of hydrogen-bond donors (Lipinski definition) is 4. The minimum Gasteiger partial charge on any atom is -0.480 e. The summed E-state index contributed by atoms with van der Waals surface area (Å²) in [5.74, 6) is -0.863. The van der Waals surface area contributed by atoms with Crippen molar-refractivity contribution in [2.45, 2.75) is 18.9 Å². The molecule has 0 heterocycles. The Hall–Kier alpha value is -2.73. The minimum atomic E-state index is -0.932. The van der Waals surface area contributed by atoms with Crippen molar-refractivity contribution in [2.75, 3.05) is 13.1 Å². The van der Waals surface area contributed by atoms with Crippen LogP contribution in [-0.2, 0) is 4.79 Å². The molecule has 0 aliphatic heterocycles. The maximum Gasteiger partial charge on any atom is 0.328 e. The largest absolute Gasteiger partial charge is 0.480 e. The lowest BCUT2D eigenvalue weighted by Gasteiger charge is -2.08. The summed E-state index contributed by atoms with van der Waals surface area (Å²) in [6.07, 6.45) is 2.71. The Morgan fingerprint density at radius 2 is 2.04 bits per heavy atom. The molecule has 5 N–H and O–H groups in total. The third kappa shape index (κ3) is 5.48. The predicted molar refractivity (Wildman–Crippen MR) is 97.0 cm³/mol. The van der Waals surface area contributed by atoms with E-state index in [1.165, 1.54) is 0 Å². The number of carboxylic acid groups (broad SMARTS) is 1. The Labute approximate surface area is 140 Å². The summed E-state index contributed by atoms with van der Waals surface area (Å²) in [6, 6.07) is 13.2. The van der Waals surface area contributed by atoms with Crippen molar-refractivity contribution in [3.8, 4) is 0 Å². The Bertz CT molecular complexity index is 743. The van der Waals surface area contributed by atoms with Gasteiger partial charge in [-0.1, -0.05) is 36.4 Å². The number of nitrogens with one attached hydrogen (secondary N) is 2. The molecule has 2 rings (SSSR count). The first-order valence-electron chi connectivity index (χ1n) is 7.84. The van der Waals surface area contributed by atoms with Gasteiger partial charge in [-0.2, -0.15) is 0 Å². The lowest BCUT2D eigenvalue weighted by Crippen LogP contribution is -2.29. The van der Waals surface area contributed by atoms with E-state index in [9.17, 15) is 9.90 Å². The number of benzene rings is 2. The molecule has 2 aromatic rings. The third-order valence-electron chi connectivity index (χ3n) is 3.61.